The Morgan fingerprint density at radius 2 is 2.10 bits per heavy atom. The largest absolute Gasteiger partial charge is 0.507 e. The third-order valence-corrected chi connectivity index (χ3v) is 3.60. The number of phenols is 1. The van der Waals surface area contributed by atoms with Crippen LogP contribution in [0.1, 0.15) is 36.5 Å². The first-order valence-electron chi connectivity index (χ1n) is 6.55. The van der Waals surface area contributed by atoms with Crippen molar-refractivity contribution in [3.05, 3.63) is 23.8 Å². The van der Waals surface area contributed by atoms with Crippen LogP contribution in [0.15, 0.2) is 18.2 Å². The first kappa shape index (κ1) is 14.3. The van der Waals surface area contributed by atoms with Crippen molar-refractivity contribution in [3.8, 4) is 5.75 Å². The van der Waals surface area contributed by atoms with Crippen molar-refractivity contribution in [2.24, 2.45) is 0 Å². The van der Waals surface area contributed by atoms with Gasteiger partial charge in [-0.15, -0.1) is 0 Å². The van der Waals surface area contributed by atoms with Crippen molar-refractivity contribution in [2.75, 3.05) is 11.9 Å². The fourth-order valence-corrected chi connectivity index (χ4v) is 2.30. The molecule has 0 radical (unpaired) electrons. The zero-order valence-corrected chi connectivity index (χ0v) is 11.3. The minimum Gasteiger partial charge on any atom is -0.507 e. The van der Waals surface area contributed by atoms with Crippen molar-refractivity contribution in [3.63, 3.8) is 0 Å². The van der Waals surface area contributed by atoms with E-state index < -0.39 is 11.5 Å². The van der Waals surface area contributed by atoms with Crippen LogP contribution in [-0.2, 0) is 4.79 Å². The van der Waals surface area contributed by atoms with Crippen LogP contribution in [0.3, 0.4) is 0 Å². The van der Waals surface area contributed by atoms with Gasteiger partial charge in [-0.25, -0.2) is 4.79 Å². The molecule has 1 aromatic carbocycles. The van der Waals surface area contributed by atoms with Crippen molar-refractivity contribution in [1.82, 2.24) is 5.32 Å². The van der Waals surface area contributed by atoms with Gasteiger partial charge in [0.1, 0.15) is 11.3 Å². The molecule has 1 amide bonds. The standard InChI is InChI=1S/C14H18N2O4/c1-14(6-2-3-7-15-14)13(20)16-9-4-5-11(17)10(8-9)12(18)19/h4-5,8,15,17H,2-3,6-7H2,1H3,(H,16,20)(H,18,19). The Balaban J connectivity index is 2.15. The van der Waals surface area contributed by atoms with E-state index in [2.05, 4.69) is 10.6 Å². The summed E-state index contributed by atoms with van der Waals surface area (Å²) in [4.78, 5) is 23.2. The van der Waals surface area contributed by atoms with E-state index in [1.54, 1.807) is 0 Å². The molecule has 1 fully saturated rings. The lowest BCUT2D eigenvalue weighted by atomic mass is 9.90. The number of benzene rings is 1. The molecule has 20 heavy (non-hydrogen) atoms. The average molecular weight is 278 g/mol. The number of carboxylic acids is 1. The fourth-order valence-electron chi connectivity index (χ4n) is 2.30. The lowest BCUT2D eigenvalue weighted by Gasteiger charge is -2.33. The maximum absolute atomic E-state index is 12.3. The number of carboxylic acid groups (broad SMARTS) is 1. The van der Waals surface area contributed by atoms with E-state index >= 15 is 0 Å². The van der Waals surface area contributed by atoms with Crippen LogP contribution < -0.4 is 10.6 Å². The summed E-state index contributed by atoms with van der Waals surface area (Å²) >= 11 is 0. The Kier molecular flexibility index (Phi) is 3.94. The number of anilines is 1. The summed E-state index contributed by atoms with van der Waals surface area (Å²) in [6, 6.07) is 3.99. The third kappa shape index (κ3) is 2.91. The second-order valence-electron chi connectivity index (χ2n) is 5.21. The molecule has 1 atom stereocenters. The van der Waals surface area contributed by atoms with Crippen LogP contribution in [0.4, 0.5) is 5.69 Å². The number of rotatable bonds is 3. The molecular weight excluding hydrogens is 260 g/mol. The normalized spacial score (nSPS) is 22.2. The summed E-state index contributed by atoms with van der Waals surface area (Å²) in [7, 11) is 0. The molecule has 1 saturated heterocycles. The first-order valence-corrected chi connectivity index (χ1v) is 6.55. The van der Waals surface area contributed by atoms with Gasteiger partial charge in [0.05, 0.1) is 5.54 Å². The highest BCUT2D eigenvalue weighted by atomic mass is 16.4. The number of aromatic hydroxyl groups is 1. The monoisotopic (exact) mass is 278 g/mol. The number of hydrogen-bond donors (Lipinski definition) is 4. The topological polar surface area (TPSA) is 98.7 Å². The summed E-state index contributed by atoms with van der Waals surface area (Å²) in [6.45, 7) is 2.62. The summed E-state index contributed by atoms with van der Waals surface area (Å²) in [5, 5.41) is 24.3. The summed E-state index contributed by atoms with van der Waals surface area (Å²) in [5.41, 5.74) is -0.511. The number of hydrogen-bond acceptors (Lipinski definition) is 4. The van der Waals surface area contributed by atoms with E-state index in [1.807, 2.05) is 6.92 Å². The lowest BCUT2D eigenvalue weighted by Crippen LogP contribution is -2.54. The highest BCUT2D eigenvalue weighted by molar-refractivity contribution is 5.99. The molecule has 1 aliphatic rings. The van der Waals surface area contributed by atoms with Crippen LogP contribution >= 0.6 is 0 Å². The fraction of sp³-hybridized carbons (Fsp3) is 0.429. The van der Waals surface area contributed by atoms with E-state index in [9.17, 15) is 14.7 Å². The van der Waals surface area contributed by atoms with Crippen LogP contribution in [0.5, 0.6) is 5.75 Å². The molecule has 0 aliphatic carbocycles. The number of nitrogens with one attached hydrogen (secondary N) is 2. The molecule has 6 nitrogen and oxygen atoms in total. The van der Waals surface area contributed by atoms with Gasteiger partial charge in [-0.3, -0.25) is 4.79 Å². The Labute approximate surface area is 116 Å². The minimum atomic E-state index is -1.24. The Morgan fingerprint density at radius 3 is 2.70 bits per heavy atom. The van der Waals surface area contributed by atoms with Gasteiger partial charge < -0.3 is 20.8 Å². The zero-order chi connectivity index (χ0) is 14.8. The molecule has 0 spiro atoms. The Bertz CT molecular complexity index is 536. The van der Waals surface area contributed by atoms with Gasteiger partial charge in [0.15, 0.2) is 0 Å². The number of carbonyl (C=O) groups is 2. The smallest absolute Gasteiger partial charge is 0.339 e. The van der Waals surface area contributed by atoms with E-state index in [0.717, 1.165) is 25.8 Å². The van der Waals surface area contributed by atoms with Gasteiger partial charge in [0.25, 0.3) is 0 Å². The van der Waals surface area contributed by atoms with Crippen LogP contribution in [0.25, 0.3) is 0 Å². The molecule has 1 unspecified atom stereocenters. The Hall–Kier alpha value is -2.08. The highest BCUT2D eigenvalue weighted by Crippen LogP contribution is 2.24. The van der Waals surface area contributed by atoms with Crippen LogP contribution in [-0.4, -0.2) is 34.2 Å². The molecule has 4 N–H and O–H groups in total. The lowest BCUT2D eigenvalue weighted by molar-refractivity contribution is -0.122. The highest BCUT2D eigenvalue weighted by Gasteiger charge is 2.34. The van der Waals surface area contributed by atoms with E-state index in [4.69, 9.17) is 5.11 Å². The maximum Gasteiger partial charge on any atom is 0.339 e. The number of aromatic carboxylic acids is 1. The minimum absolute atomic E-state index is 0.195. The van der Waals surface area contributed by atoms with Crippen molar-refractivity contribution in [1.29, 1.82) is 0 Å². The van der Waals surface area contributed by atoms with Crippen molar-refractivity contribution >= 4 is 17.6 Å². The van der Waals surface area contributed by atoms with Crippen LogP contribution in [0, 0.1) is 0 Å². The maximum atomic E-state index is 12.3. The SMILES string of the molecule is CC1(C(=O)Nc2ccc(O)c(C(=O)O)c2)CCCCN1. The molecule has 6 heteroatoms. The van der Waals surface area contributed by atoms with Crippen molar-refractivity contribution < 1.29 is 19.8 Å². The van der Waals surface area contributed by atoms with Gasteiger partial charge >= 0.3 is 5.97 Å². The third-order valence-electron chi connectivity index (χ3n) is 3.60. The van der Waals surface area contributed by atoms with Crippen molar-refractivity contribution in [2.45, 2.75) is 31.7 Å². The molecule has 1 aromatic rings. The first-order chi connectivity index (χ1) is 9.42. The van der Waals surface area contributed by atoms with Gasteiger partial charge in [-0.2, -0.15) is 0 Å². The van der Waals surface area contributed by atoms with E-state index in [-0.39, 0.29) is 17.2 Å². The van der Waals surface area contributed by atoms with E-state index in [0.29, 0.717) is 5.69 Å². The molecule has 0 aromatic heterocycles. The van der Waals surface area contributed by atoms with Gasteiger partial charge in [-0.1, -0.05) is 0 Å². The van der Waals surface area contributed by atoms with Gasteiger partial charge in [0, 0.05) is 5.69 Å². The second-order valence-corrected chi connectivity index (χ2v) is 5.21. The Morgan fingerprint density at radius 1 is 1.35 bits per heavy atom. The summed E-state index contributed by atoms with van der Waals surface area (Å²) in [5.74, 6) is -1.75. The molecule has 108 valence electrons. The molecule has 1 heterocycles. The molecule has 2 rings (SSSR count). The summed E-state index contributed by atoms with van der Waals surface area (Å²) in [6.07, 6.45) is 2.76. The zero-order valence-electron chi connectivity index (χ0n) is 11.3. The van der Waals surface area contributed by atoms with Gasteiger partial charge in [0.2, 0.25) is 5.91 Å². The molecule has 0 bridgehead atoms. The quantitative estimate of drug-likeness (QED) is 0.629. The molecular formula is C14H18N2O4. The predicted octanol–water partition coefficient (Wildman–Crippen LogP) is 1.56. The van der Waals surface area contributed by atoms with Gasteiger partial charge in [-0.05, 0) is 50.9 Å². The van der Waals surface area contributed by atoms with Crippen LogP contribution in [0.2, 0.25) is 0 Å². The molecule has 0 saturated carbocycles. The number of piperidine rings is 1. The second kappa shape index (κ2) is 5.50. The van der Waals surface area contributed by atoms with E-state index in [1.165, 1.54) is 18.2 Å². The predicted molar refractivity (Wildman–Crippen MR) is 74.0 cm³/mol. The number of amides is 1. The summed E-state index contributed by atoms with van der Waals surface area (Å²) < 4.78 is 0. The number of carbonyl (C=O) groups excluding carboxylic acids is 1. The molecule has 1 aliphatic heterocycles. The average Bonchev–Trinajstić information content (AvgIpc) is 2.41.